The normalized spacial score (nSPS) is 13.4. The summed E-state index contributed by atoms with van der Waals surface area (Å²) in [5, 5.41) is 8.32. The van der Waals surface area contributed by atoms with Crippen LogP contribution in [0.15, 0.2) is 23.4 Å². The number of hydrogen-bond acceptors (Lipinski definition) is 4. The van der Waals surface area contributed by atoms with Crippen LogP contribution >= 0.6 is 0 Å². The van der Waals surface area contributed by atoms with Crippen LogP contribution in [0.1, 0.15) is 26.2 Å². The van der Waals surface area contributed by atoms with E-state index in [0.717, 1.165) is 18.9 Å². The minimum absolute atomic E-state index is 0.00431. The second-order valence-electron chi connectivity index (χ2n) is 4.31. The lowest BCUT2D eigenvalue weighted by atomic mass is 10.0. The van der Waals surface area contributed by atoms with Crippen molar-refractivity contribution < 1.29 is 17.9 Å². The van der Waals surface area contributed by atoms with Crippen molar-refractivity contribution in [3.8, 4) is 0 Å². The molecule has 5 nitrogen and oxygen atoms in total. The first-order valence-electron chi connectivity index (χ1n) is 6.22. The Morgan fingerprint density at radius 1 is 1.47 bits per heavy atom. The van der Waals surface area contributed by atoms with Gasteiger partial charge in [0.1, 0.15) is 0 Å². The molecule has 1 unspecified atom stereocenters. The van der Waals surface area contributed by atoms with Crippen LogP contribution in [0, 0.1) is 11.7 Å². The summed E-state index contributed by atoms with van der Waals surface area (Å²) in [6.45, 7) is 2.16. The second kappa shape index (κ2) is 7.52. The van der Waals surface area contributed by atoms with Gasteiger partial charge in [0.2, 0.25) is 5.03 Å². The zero-order chi connectivity index (χ0) is 14.3. The number of aromatic nitrogens is 1. The van der Waals surface area contributed by atoms with Gasteiger partial charge in [-0.1, -0.05) is 13.3 Å². The van der Waals surface area contributed by atoms with Crippen LogP contribution in [0.3, 0.4) is 0 Å². The van der Waals surface area contributed by atoms with Crippen molar-refractivity contribution in [2.24, 2.45) is 5.92 Å². The molecule has 1 aromatic rings. The fraction of sp³-hybridized carbons (Fsp3) is 0.583. The highest BCUT2D eigenvalue weighted by atomic mass is 32.2. The number of hydrogen-bond donors (Lipinski definition) is 2. The van der Waals surface area contributed by atoms with Gasteiger partial charge in [-0.15, -0.1) is 0 Å². The van der Waals surface area contributed by atoms with Crippen molar-refractivity contribution in [1.82, 2.24) is 9.71 Å². The average molecular weight is 290 g/mol. The molecular weight excluding hydrogens is 271 g/mol. The fourth-order valence-electron chi connectivity index (χ4n) is 1.80. The molecule has 0 aliphatic rings. The van der Waals surface area contributed by atoms with Crippen molar-refractivity contribution in [1.29, 1.82) is 0 Å². The Balaban J connectivity index is 2.72. The van der Waals surface area contributed by atoms with Gasteiger partial charge >= 0.3 is 0 Å². The number of aliphatic hydroxyl groups is 1. The van der Waals surface area contributed by atoms with Gasteiger partial charge < -0.3 is 5.11 Å². The molecule has 0 aromatic carbocycles. The molecule has 0 saturated carbocycles. The first-order chi connectivity index (χ1) is 9.01. The molecule has 1 rings (SSSR count). The number of aliphatic hydroxyl groups excluding tert-OH is 1. The zero-order valence-electron chi connectivity index (χ0n) is 10.8. The van der Waals surface area contributed by atoms with E-state index in [1.54, 1.807) is 0 Å². The molecular formula is C12H19FN2O3S. The Hall–Kier alpha value is -1.05. The molecule has 0 aliphatic heterocycles. The van der Waals surface area contributed by atoms with Crippen LogP contribution < -0.4 is 4.72 Å². The molecule has 2 N–H and O–H groups in total. The first-order valence-corrected chi connectivity index (χ1v) is 7.70. The Kier molecular flexibility index (Phi) is 6.33. The molecule has 0 spiro atoms. The van der Waals surface area contributed by atoms with E-state index in [2.05, 4.69) is 9.71 Å². The zero-order valence-corrected chi connectivity index (χ0v) is 11.7. The van der Waals surface area contributed by atoms with Crippen LogP contribution in [0.5, 0.6) is 0 Å². The van der Waals surface area contributed by atoms with E-state index in [-0.39, 0.29) is 19.1 Å². The number of nitrogens with zero attached hydrogens (tertiary/aromatic N) is 1. The maximum absolute atomic E-state index is 13.4. The van der Waals surface area contributed by atoms with Gasteiger partial charge in [0, 0.05) is 19.3 Å². The number of rotatable bonds is 8. The largest absolute Gasteiger partial charge is 0.396 e. The van der Waals surface area contributed by atoms with E-state index in [9.17, 15) is 12.8 Å². The second-order valence-corrected chi connectivity index (χ2v) is 5.99. The van der Waals surface area contributed by atoms with E-state index in [1.807, 2.05) is 6.92 Å². The highest BCUT2D eigenvalue weighted by Gasteiger charge is 2.21. The van der Waals surface area contributed by atoms with Crippen molar-refractivity contribution in [2.45, 2.75) is 31.2 Å². The summed E-state index contributed by atoms with van der Waals surface area (Å²) in [6, 6.07) is 2.39. The van der Waals surface area contributed by atoms with E-state index in [0.29, 0.717) is 6.42 Å². The maximum Gasteiger partial charge on any atom is 0.261 e. The summed E-state index contributed by atoms with van der Waals surface area (Å²) in [5.41, 5.74) is 0. The molecule has 0 radical (unpaired) electrons. The molecule has 0 amide bonds. The third-order valence-electron chi connectivity index (χ3n) is 2.78. The number of sulfonamides is 1. The lowest BCUT2D eigenvalue weighted by molar-refractivity contribution is 0.251. The van der Waals surface area contributed by atoms with Gasteiger partial charge in [-0.25, -0.2) is 22.5 Å². The van der Waals surface area contributed by atoms with Gasteiger partial charge in [0.05, 0.1) is 0 Å². The van der Waals surface area contributed by atoms with Gasteiger partial charge in [0.15, 0.2) is 5.82 Å². The fourth-order valence-corrected chi connectivity index (χ4v) is 2.92. The van der Waals surface area contributed by atoms with Gasteiger partial charge in [0.25, 0.3) is 10.0 Å². The quantitative estimate of drug-likeness (QED) is 0.756. The lowest BCUT2D eigenvalue weighted by Gasteiger charge is -2.15. The third kappa shape index (κ3) is 4.85. The Bertz CT molecular complexity index is 488. The molecule has 0 saturated heterocycles. The number of halogens is 1. The average Bonchev–Trinajstić information content (AvgIpc) is 2.37. The smallest absolute Gasteiger partial charge is 0.261 e. The summed E-state index contributed by atoms with van der Waals surface area (Å²) >= 11 is 0. The van der Waals surface area contributed by atoms with E-state index in [4.69, 9.17) is 5.11 Å². The van der Waals surface area contributed by atoms with E-state index in [1.165, 1.54) is 12.3 Å². The molecule has 1 heterocycles. The molecule has 0 bridgehead atoms. The Labute approximate surface area is 112 Å². The van der Waals surface area contributed by atoms with Crippen LogP contribution in [-0.4, -0.2) is 31.7 Å². The van der Waals surface area contributed by atoms with Crippen molar-refractivity contribution in [3.63, 3.8) is 0 Å². The summed E-state index contributed by atoms with van der Waals surface area (Å²) < 4.78 is 39.5. The summed E-state index contributed by atoms with van der Waals surface area (Å²) in [4.78, 5) is 3.55. The SMILES string of the molecule is CCCC(CCO)CNS(=O)(=O)c1ncccc1F. The topological polar surface area (TPSA) is 79.3 Å². The highest BCUT2D eigenvalue weighted by molar-refractivity contribution is 7.89. The van der Waals surface area contributed by atoms with Crippen molar-refractivity contribution in [2.75, 3.05) is 13.2 Å². The van der Waals surface area contributed by atoms with Gasteiger partial charge in [-0.3, -0.25) is 0 Å². The van der Waals surface area contributed by atoms with Crippen LogP contribution in [0.25, 0.3) is 0 Å². The Morgan fingerprint density at radius 2 is 2.21 bits per heavy atom. The monoisotopic (exact) mass is 290 g/mol. The molecule has 7 heteroatoms. The molecule has 108 valence electrons. The van der Waals surface area contributed by atoms with E-state index < -0.39 is 20.9 Å². The molecule has 19 heavy (non-hydrogen) atoms. The predicted molar refractivity (Wildman–Crippen MR) is 69.5 cm³/mol. The summed E-state index contributed by atoms with van der Waals surface area (Å²) in [6.07, 6.45) is 3.44. The van der Waals surface area contributed by atoms with Gasteiger partial charge in [-0.05, 0) is 30.9 Å². The summed E-state index contributed by atoms with van der Waals surface area (Å²) in [5.74, 6) is -0.833. The number of nitrogens with one attached hydrogen (secondary N) is 1. The lowest BCUT2D eigenvalue weighted by Crippen LogP contribution is -2.31. The third-order valence-corrected chi connectivity index (χ3v) is 4.13. The van der Waals surface area contributed by atoms with Crippen molar-refractivity contribution in [3.05, 3.63) is 24.1 Å². The predicted octanol–water partition coefficient (Wildman–Crippen LogP) is 1.30. The number of pyridine rings is 1. The molecule has 0 aliphatic carbocycles. The minimum atomic E-state index is -3.94. The Morgan fingerprint density at radius 3 is 2.79 bits per heavy atom. The van der Waals surface area contributed by atoms with Crippen LogP contribution in [-0.2, 0) is 10.0 Å². The molecule has 1 atom stereocenters. The first kappa shape index (κ1) is 16.0. The van der Waals surface area contributed by atoms with Gasteiger partial charge in [-0.2, -0.15) is 0 Å². The van der Waals surface area contributed by atoms with Crippen molar-refractivity contribution >= 4 is 10.0 Å². The molecule has 1 aromatic heterocycles. The van der Waals surface area contributed by atoms with E-state index >= 15 is 0 Å². The summed E-state index contributed by atoms with van der Waals surface area (Å²) in [7, 11) is -3.94. The maximum atomic E-state index is 13.4. The highest BCUT2D eigenvalue weighted by Crippen LogP contribution is 2.13. The van der Waals surface area contributed by atoms with Crippen LogP contribution in [0.2, 0.25) is 0 Å². The standard InChI is InChI=1S/C12H19FN2O3S/c1-2-4-10(6-8-16)9-15-19(17,18)12-11(13)5-3-7-14-12/h3,5,7,10,15-16H,2,4,6,8-9H2,1H3. The molecule has 0 fully saturated rings. The van der Waals surface area contributed by atoms with Crippen LogP contribution in [0.4, 0.5) is 4.39 Å². The minimum Gasteiger partial charge on any atom is -0.396 e.